The second-order valence-electron chi connectivity index (χ2n) is 4.49. The Bertz CT molecular complexity index is 657. The van der Waals surface area contributed by atoms with E-state index in [0.29, 0.717) is 16.4 Å². The molecule has 0 atom stereocenters. The zero-order valence-corrected chi connectivity index (χ0v) is 12.0. The van der Waals surface area contributed by atoms with Gasteiger partial charge in [-0.15, -0.1) is 0 Å². The van der Waals surface area contributed by atoms with Crippen LogP contribution >= 0.6 is 11.6 Å². The highest BCUT2D eigenvalue weighted by Gasteiger charge is 2.29. The van der Waals surface area contributed by atoms with Crippen LogP contribution < -0.4 is 10.6 Å². The summed E-state index contributed by atoms with van der Waals surface area (Å²) in [6.07, 6.45) is -4.39. The second-order valence-corrected chi connectivity index (χ2v) is 4.92. The highest BCUT2D eigenvalue weighted by Crippen LogP contribution is 2.29. The molecule has 2 N–H and O–H groups in total. The van der Waals surface area contributed by atoms with E-state index in [0.717, 1.165) is 12.1 Å². The fraction of sp³-hybridized carbons (Fsp3) is 0.133. The van der Waals surface area contributed by atoms with Crippen molar-refractivity contribution in [3.05, 3.63) is 59.1 Å². The van der Waals surface area contributed by atoms with Gasteiger partial charge in [-0.25, -0.2) is 0 Å². The molecule has 0 aliphatic rings. The molecule has 116 valence electrons. The lowest BCUT2D eigenvalue weighted by Crippen LogP contribution is -2.21. The SMILES string of the molecule is O=C(CNc1cccc(Cl)c1)Nc1ccc(C(F)(F)F)cc1. The Kier molecular flexibility index (Phi) is 4.92. The third kappa shape index (κ3) is 4.66. The third-order valence-electron chi connectivity index (χ3n) is 2.77. The minimum atomic E-state index is -4.39. The van der Waals surface area contributed by atoms with E-state index in [9.17, 15) is 18.0 Å². The van der Waals surface area contributed by atoms with Crippen LogP contribution in [-0.2, 0) is 11.0 Å². The van der Waals surface area contributed by atoms with Crippen molar-refractivity contribution >= 4 is 28.9 Å². The Balaban J connectivity index is 1.89. The van der Waals surface area contributed by atoms with Crippen molar-refractivity contribution in [2.24, 2.45) is 0 Å². The number of nitrogens with one attached hydrogen (secondary N) is 2. The van der Waals surface area contributed by atoms with Crippen molar-refractivity contribution in [3.63, 3.8) is 0 Å². The van der Waals surface area contributed by atoms with Crippen LogP contribution in [0.3, 0.4) is 0 Å². The topological polar surface area (TPSA) is 41.1 Å². The van der Waals surface area contributed by atoms with Gasteiger partial charge in [-0.2, -0.15) is 13.2 Å². The third-order valence-corrected chi connectivity index (χ3v) is 3.01. The van der Waals surface area contributed by atoms with E-state index in [1.54, 1.807) is 24.3 Å². The quantitative estimate of drug-likeness (QED) is 0.873. The molecule has 22 heavy (non-hydrogen) atoms. The lowest BCUT2D eigenvalue weighted by atomic mass is 10.2. The molecule has 7 heteroatoms. The number of carbonyl (C=O) groups excluding carboxylic acids is 1. The number of hydrogen-bond acceptors (Lipinski definition) is 2. The number of halogens is 4. The van der Waals surface area contributed by atoms with Gasteiger partial charge >= 0.3 is 6.18 Å². The fourth-order valence-electron chi connectivity index (χ4n) is 1.73. The van der Waals surface area contributed by atoms with Gasteiger partial charge in [0.15, 0.2) is 0 Å². The molecule has 3 nitrogen and oxygen atoms in total. The predicted octanol–water partition coefficient (Wildman–Crippen LogP) is 4.41. The minimum Gasteiger partial charge on any atom is -0.376 e. The molecule has 2 aromatic carbocycles. The van der Waals surface area contributed by atoms with Crippen LogP contribution in [-0.4, -0.2) is 12.5 Å². The number of anilines is 2. The molecule has 2 aromatic rings. The van der Waals surface area contributed by atoms with Crippen molar-refractivity contribution in [1.29, 1.82) is 0 Å². The maximum Gasteiger partial charge on any atom is 0.416 e. The Morgan fingerprint density at radius 2 is 1.73 bits per heavy atom. The normalized spacial score (nSPS) is 11.1. The van der Waals surface area contributed by atoms with E-state index >= 15 is 0 Å². The highest BCUT2D eigenvalue weighted by atomic mass is 35.5. The zero-order chi connectivity index (χ0) is 16.2. The van der Waals surface area contributed by atoms with Crippen LogP contribution in [0.15, 0.2) is 48.5 Å². The maximum absolute atomic E-state index is 12.4. The molecule has 0 saturated heterocycles. The Morgan fingerprint density at radius 3 is 2.32 bits per heavy atom. The average molecular weight is 329 g/mol. The molecule has 2 rings (SSSR count). The van der Waals surface area contributed by atoms with Crippen molar-refractivity contribution in [1.82, 2.24) is 0 Å². The van der Waals surface area contributed by atoms with E-state index < -0.39 is 11.7 Å². The van der Waals surface area contributed by atoms with E-state index in [2.05, 4.69) is 10.6 Å². The molecule has 0 bridgehead atoms. The number of carbonyl (C=O) groups is 1. The van der Waals surface area contributed by atoms with Gasteiger partial charge in [0.05, 0.1) is 12.1 Å². The summed E-state index contributed by atoms with van der Waals surface area (Å²) >= 11 is 5.81. The van der Waals surface area contributed by atoms with Gasteiger partial charge in [-0.3, -0.25) is 4.79 Å². The monoisotopic (exact) mass is 328 g/mol. The predicted molar refractivity (Wildman–Crippen MR) is 80.0 cm³/mol. The van der Waals surface area contributed by atoms with Gasteiger partial charge in [0.1, 0.15) is 0 Å². The largest absolute Gasteiger partial charge is 0.416 e. The maximum atomic E-state index is 12.4. The van der Waals surface area contributed by atoms with Crippen LogP contribution in [0.25, 0.3) is 0 Å². The molecular formula is C15H12ClF3N2O. The van der Waals surface area contributed by atoms with Gasteiger partial charge in [-0.05, 0) is 42.5 Å². The summed E-state index contributed by atoms with van der Waals surface area (Å²) < 4.78 is 37.2. The first kappa shape index (κ1) is 16.2. The van der Waals surface area contributed by atoms with Crippen molar-refractivity contribution in [2.75, 3.05) is 17.2 Å². The molecule has 0 aliphatic carbocycles. The van der Waals surface area contributed by atoms with E-state index in [-0.39, 0.29) is 12.5 Å². The summed E-state index contributed by atoms with van der Waals surface area (Å²) in [7, 11) is 0. The fourth-order valence-corrected chi connectivity index (χ4v) is 1.92. The summed E-state index contributed by atoms with van der Waals surface area (Å²) in [4.78, 5) is 11.7. The van der Waals surface area contributed by atoms with Crippen LogP contribution in [0, 0.1) is 0 Å². The van der Waals surface area contributed by atoms with Crippen molar-refractivity contribution in [2.45, 2.75) is 6.18 Å². The molecule has 1 amide bonds. The number of hydrogen-bond donors (Lipinski definition) is 2. The number of benzene rings is 2. The molecule has 0 aromatic heterocycles. The molecule has 0 heterocycles. The van der Waals surface area contributed by atoms with E-state index in [1.807, 2.05) is 0 Å². The Hall–Kier alpha value is -2.21. The van der Waals surface area contributed by atoms with Crippen LogP contribution in [0.2, 0.25) is 5.02 Å². The summed E-state index contributed by atoms with van der Waals surface area (Å²) in [6, 6.07) is 11.1. The van der Waals surface area contributed by atoms with Crippen LogP contribution in [0.4, 0.5) is 24.5 Å². The van der Waals surface area contributed by atoms with Crippen LogP contribution in [0.1, 0.15) is 5.56 Å². The first-order valence-corrected chi connectivity index (χ1v) is 6.69. The molecule has 0 saturated carbocycles. The second kappa shape index (κ2) is 6.70. The number of amides is 1. The molecular weight excluding hydrogens is 317 g/mol. The van der Waals surface area contributed by atoms with E-state index in [4.69, 9.17) is 11.6 Å². The van der Waals surface area contributed by atoms with E-state index in [1.165, 1.54) is 12.1 Å². The molecule has 0 aliphatic heterocycles. The first-order valence-electron chi connectivity index (χ1n) is 6.31. The summed E-state index contributed by atoms with van der Waals surface area (Å²) in [5.74, 6) is -0.375. The summed E-state index contributed by atoms with van der Waals surface area (Å²) in [5, 5.41) is 5.90. The summed E-state index contributed by atoms with van der Waals surface area (Å²) in [5.41, 5.74) is 0.212. The zero-order valence-electron chi connectivity index (χ0n) is 11.2. The van der Waals surface area contributed by atoms with Crippen molar-refractivity contribution < 1.29 is 18.0 Å². The number of alkyl halides is 3. The average Bonchev–Trinajstić information content (AvgIpc) is 2.45. The first-order chi connectivity index (χ1) is 10.3. The van der Waals surface area contributed by atoms with Gasteiger partial charge in [0.25, 0.3) is 0 Å². The lowest BCUT2D eigenvalue weighted by molar-refractivity contribution is -0.137. The molecule has 0 fully saturated rings. The number of rotatable bonds is 4. The van der Waals surface area contributed by atoms with Gasteiger partial charge in [0, 0.05) is 16.4 Å². The smallest absolute Gasteiger partial charge is 0.376 e. The molecule has 0 unspecified atom stereocenters. The van der Waals surface area contributed by atoms with Crippen molar-refractivity contribution in [3.8, 4) is 0 Å². The Labute approximate surface area is 130 Å². The highest BCUT2D eigenvalue weighted by molar-refractivity contribution is 6.30. The standard InChI is InChI=1S/C15H12ClF3N2O/c16-11-2-1-3-13(8-11)20-9-14(22)21-12-6-4-10(5-7-12)15(17,18)19/h1-8,20H,9H2,(H,21,22). The summed E-state index contributed by atoms with van der Waals surface area (Å²) in [6.45, 7) is -0.0264. The van der Waals surface area contributed by atoms with Gasteiger partial charge < -0.3 is 10.6 Å². The van der Waals surface area contributed by atoms with Gasteiger partial charge in [0.2, 0.25) is 5.91 Å². The minimum absolute atomic E-state index is 0.0264. The lowest BCUT2D eigenvalue weighted by Gasteiger charge is -2.10. The molecule has 0 spiro atoms. The Morgan fingerprint density at radius 1 is 1.05 bits per heavy atom. The van der Waals surface area contributed by atoms with Gasteiger partial charge in [-0.1, -0.05) is 17.7 Å². The van der Waals surface area contributed by atoms with Crippen LogP contribution in [0.5, 0.6) is 0 Å². The molecule has 0 radical (unpaired) electrons.